The van der Waals surface area contributed by atoms with Gasteiger partial charge in [-0.3, -0.25) is 24.0 Å². The summed E-state index contributed by atoms with van der Waals surface area (Å²) < 4.78 is 173. The molecule has 3 atom stereocenters. The van der Waals surface area contributed by atoms with Crippen molar-refractivity contribution >= 4 is 84.1 Å². The van der Waals surface area contributed by atoms with Gasteiger partial charge in [-0.1, -0.05) is 103 Å². The van der Waals surface area contributed by atoms with Crippen molar-refractivity contribution in [2.75, 3.05) is 28.4 Å². The molecular weight excluding hydrogens is 1930 g/mol. The molecule has 0 aliphatic rings. The number of hydrogen-bond acceptors (Lipinski definition) is 14. The first-order valence-electron chi connectivity index (χ1n) is 46.3. The lowest BCUT2D eigenvalue weighted by Gasteiger charge is -2.16. The highest BCUT2D eigenvalue weighted by atomic mass is 19.4. The highest BCUT2D eigenvalue weighted by Gasteiger charge is 2.33. The van der Waals surface area contributed by atoms with Crippen molar-refractivity contribution in [1.29, 1.82) is 0 Å². The quantitative estimate of drug-likeness (QED) is 0.0352. The van der Waals surface area contributed by atoms with E-state index in [4.69, 9.17) is 18.9 Å². The van der Waals surface area contributed by atoms with Crippen molar-refractivity contribution in [3.63, 3.8) is 0 Å². The van der Waals surface area contributed by atoms with E-state index < -0.39 is 47.4 Å². The van der Waals surface area contributed by atoms with Gasteiger partial charge in [0.2, 0.25) is 0 Å². The Balaban J connectivity index is 0.000000133. The predicted octanol–water partition coefficient (Wildman–Crippen LogP) is 24.2. The van der Waals surface area contributed by atoms with E-state index in [0.29, 0.717) is 124 Å². The lowest BCUT2D eigenvalue weighted by atomic mass is 10.0. The molecule has 0 aliphatic heterocycles. The van der Waals surface area contributed by atoms with Crippen LogP contribution in [0.5, 0.6) is 23.0 Å². The van der Waals surface area contributed by atoms with Crippen LogP contribution in [0.3, 0.4) is 0 Å². The number of alkyl halides is 6. The SMILES string of the molecule is CC(NC(=O)c1cccc2c1cnn2-c1ccc(F)cc1)c1cccc(C(F)(F)F)c1.CC(NC(=O)c1cccc2c1cnn2-c1ccc(F)cc1)c1ccccc1.COc1ccc(CNC(=O)c2cccc3c2cnn3-c2ccc(F)cc2)cc1OC.COc1cccc(CNC(=O)c2cccc3c2cnn3-c2ccc(F)cc2)c1OC.C[C@@H](NC(=O)c1cccc2c1cnn2-c1ccc(F)cc1)c1cccc(C(F)(F)F)c1. The van der Waals surface area contributed by atoms with Gasteiger partial charge in [0.05, 0.1) is 173 Å². The Morgan fingerprint density at radius 1 is 0.282 bits per heavy atom. The van der Waals surface area contributed by atoms with Gasteiger partial charge in [0.1, 0.15) is 29.1 Å². The van der Waals surface area contributed by atoms with Crippen LogP contribution >= 0.6 is 0 Å². The highest BCUT2D eigenvalue weighted by molar-refractivity contribution is 6.10. The molecule has 2 unspecified atom stereocenters. The normalized spacial score (nSPS) is 11.8. The van der Waals surface area contributed by atoms with Crippen molar-refractivity contribution in [2.24, 2.45) is 0 Å². The van der Waals surface area contributed by atoms with Crippen LogP contribution in [0.15, 0.2) is 359 Å². The number of rotatable bonds is 24. The third-order valence-corrected chi connectivity index (χ3v) is 24.2. The Labute approximate surface area is 844 Å². The Morgan fingerprint density at radius 3 is 0.866 bits per heavy atom. The van der Waals surface area contributed by atoms with Crippen LogP contribution < -0.4 is 45.5 Å². The number of halogens is 11. The van der Waals surface area contributed by atoms with E-state index in [2.05, 4.69) is 52.1 Å². The molecule has 15 aromatic carbocycles. The molecule has 0 bridgehead atoms. The summed E-state index contributed by atoms with van der Waals surface area (Å²) >= 11 is 0. The summed E-state index contributed by atoms with van der Waals surface area (Å²) in [5.41, 5.74) is 11.2. The van der Waals surface area contributed by atoms with E-state index in [9.17, 15) is 72.3 Å². The number of para-hydroxylation sites is 1. The lowest BCUT2D eigenvalue weighted by Crippen LogP contribution is -2.27. The van der Waals surface area contributed by atoms with Crippen LogP contribution in [0.4, 0.5) is 48.3 Å². The Morgan fingerprint density at radius 2 is 0.564 bits per heavy atom. The van der Waals surface area contributed by atoms with Gasteiger partial charge in [0.15, 0.2) is 23.0 Å². The van der Waals surface area contributed by atoms with Crippen LogP contribution in [-0.4, -0.2) is 107 Å². The lowest BCUT2D eigenvalue weighted by molar-refractivity contribution is -0.138. The van der Waals surface area contributed by atoms with E-state index in [1.165, 1.54) is 97.3 Å². The minimum Gasteiger partial charge on any atom is -0.493 e. The summed E-state index contributed by atoms with van der Waals surface area (Å²) in [6.07, 6.45) is -0.907. The molecule has 0 saturated heterocycles. The van der Waals surface area contributed by atoms with Gasteiger partial charge in [0, 0.05) is 45.6 Å². The summed E-state index contributed by atoms with van der Waals surface area (Å²) in [6.45, 7) is 5.81. The van der Waals surface area contributed by atoms with Crippen LogP contribution in [0.2, 0.25) is 0 Å². The van der Waals surface area contributed by atoms with E-state index in [1.807, 2.05) is 85.8 Å². The second-order valence-corrected chi connectivity index (χ2v) is 33.8. The number of nitrogens with zero attached hydrogens (tertiary/aromatic N) is 10. The second kappa shape index (κ2) is 46.0. The van der Waals surface area contributed by atoms with E-state index in [0.717, 1.165) is 68.6 Å². The number of benzene rings is 15. The fourth-order valence-corrected chi connectivity index (χ4v) is 16.6. The van der Waals surface area contributed by atoms with Crippen LogP contribution in [0.1, 0.15) is 130 Å². The smallest absolute Gasteiger partial charge is 0.416 e. The van der Waals surface area contributed by atoms with Gasteiger partial charge in [-0.25, -0.2) is 45.4 Å². The summed E-state index contributed by atoms with van der Waals surface area (Å²) in [6, 6.07) is 85.4. The number of carbonyl (C=O) groups excluding carboxylic acids is 5. The third-order valence-electron chi connectivity index (χ3n) is 24.2. The molecule has 0 saturated carbocycles. The molecule has 5 heterocycles. The van der Waals surface area contributed by atoms with Gasteiger partial charge in [-0.2, -0.15) is 51.8 Å². The van der Waals surface area contributed by atoms with Crippen LogP contribution in [0, 0.1) is 29.1 Å². The fourth-order valence-electron chi connectivity index (χ4n) is 16.6. The number of amides is 5. The molecule has 0 radical (unpaired) electrons. The number of aromatic nitrogens is 10. The zero-order chi connectivity index (χ0) is 105. The second-order valence-electron chi connectivity index (χ2n) is 33.8. The van der Waals surface area contributed by atoms with Gasteiger partial charge in [-0.15, -0.1) is 0 Å². The maximum atomic E-state index is 13.2. The topological polar surface area (TPSA) is 272 Å². The molecular formula is C114H92F11N15O9. The van der Waals surface area contributed by atoms with Gasteiger partial charge >= 0.3 is 12.4 Å². The van der Waals surface area contributed by atoms with Crippen molar-refractivity contribution in [1.82, 2.24) is 75.5 Å². The van der Waals surface area contributed by atoms with E-state index in [1.54, 1.807) is 224 Å². The van der Waals surface area contributed by atoms with Crippen LogP contribution in [-0.2, 0) is 25.4 Å². The fraction of sp³-hybridized carbons (Fsp3) is 0.123. The molecule has 0 aliphatic carbocycles. The standard InChI is InChI=1S/2C23H17F4N3O.2C23H20FN3O3.C22H18FN3O/c2*1-14(15-4-2-5-16(12-15)23(25,26)27)29-22(31)19-6-3-7-21-20(19)13-28-30(21)18-10-8-17(24)9-11-18;1-29-21-8-3-5-15(22(21)30-2)13-25-23(28)18-6-4-7-20-19(18)14-26-27(20)17-11-9-16(24)10-12-17;1-29-21-11-6-15(12-22(21)30-2)13-25-23(28)18-4-3-5-20-19(18)14-26-27(20)17-9-7-16(24)8-10-17;1-15(16-6-3-2-4-7-16)25-22(27)19-8-5-9-21-20(19)14-24-26(21)18-12-10-17(23)11-13-18/h2*2-14H,1H3,(H,29,31);2*3-12,14H,13H2,1-2H3,(H,25,28);2-15H,1H3,(H,25,27)/t14-;;;;/m1..../s1. The molecule has 754 valence electrons. The molecule has 149 heavy (non-hydrogen) atoms. The van der Waals surface area contributed by atoms with Crippen molar-refractivity contribution < 1.29 is 91.2 Å². The first-order chi connectivity index (χ1) is 71.8. The van der Waals surface area contributed by atoms with Crippen molar-refractivity contribution in [3.05, 3.63) is 454 Å². The maximum Gasteiger partial charge on any atom is 0.416 e. The minimum absolute atomic E-state index is 0.110. The van der Waals surface area contributed by atoms with Gasteiger partial charge in [0.25, 0.3) is 29.5 Å². The largest absolute Gasteiger partial charge is 0.493 e. The molecule has 5 N–H and O–H groups in total. The zero-order valence-electron chi connectivity index (χ0n) is 80.5. The summed E-state index contributed by atoms with van der Waals surface area (Å²) in [5, 5.41) is 39.5. The van der Waals surface area contributed by atoms with E-state index in [-0.39, 0.29) is 59.4 Å². The number of carbonyl (C=O) groups is 5. The summed E-state index contributed by atoms with van der Waals surface area (Å²) in [5.74, 6) is -0.726. The number of methoxy groups -OCH3 is 4. The summed E-state index contributed by atoms with van der Waals surface area (Å²) in [7, 11) is 6.28. The molecule has 5 amide bonds. The average molecular weight is 2030 g/mol. The first kappa shape index (κ1) is 103. The molecule has 20 aromatic rings. The van der Waals surface area contributed by atoms with E-state index >= 15 is 0 Å². The Kier molecular flexibility index (Phi) is 31.9. The first-order valence-corrected chi connectivity index (χ1v) is 46.3. The zero-order valence-corrected chi connectivity index (χ0v) is 80.5. The molecule has 24 nitrogen and oxygen atoms in total. The van der Waals surface area contributed by atoms with Gasteiger partial charge < -0.3 is 45.5 Å². The molecule has 0 fully saturated rings. The highest BCUT2D eigenvalue weighted by Crippen LogP contribution is 2.37. The van der Waals surface area contributed by atoms with Crippen molar-refractivity contribution in [3.8, 4) is 51.4 Å². The number of hydrogen-bond donors (Lipinski definition) is 5. The Bertz CT molecular complexity index is 8010. The number of nitrogens with one attached hydrogen (secondary N) is 5. The molecule has 35 heteroatoms. The number of fused-ring (bicyclic) bond motifs is 5. The monoisotopic (exact) mass is 2020 g/mol. The Hall–Kier alpha value is -18.6. The van der Waals surface area contributed by atoms with Crippen LogP contribution in [0.25, 0.3) is 83.0 Å². The molecule has 5 aromatic heterocycles. The molecule has 20 rings (SSSR count). The average Bonchev–Trinajstić information content (AvgIpc) is 1.65. The minimum atomic E-state index is -4.46. The molecule has 0 spiro atoms. The summed E-state index contributed by atoms with van der Waals surface area (Å²) in [4.78, 5) is 64.4. The number of ether oxygens (including phenoxy) is 4. The third kappa shape index (κ3) is 24.1. The van der Waals surface area contributed by atoms with Crippen molar-refractivity contribution in [2.45, 2.75) is 64.3 Å². The predicted molar refractivity (Wildman–Crippen MR) is 544 cm³/mol. The van der Waals surface area contributed by atoms with Gasteiger partial charge in [-0.05, 0) is 267 Å². The maximum absolute atomic E-state index is 13.2.